The van der Waals surface area contributed by atoms with E-state index in [1.807, 2.05) is 35.6 Å². The van der Waals surface area contributed by atoms with Gasteiger partial charge >= 0.3 is 0 Å². The van der Waals surface area contributed by atoms with Crippen molar-refractivity contribution < 1.29 is 4.79 Å². The van der Waals surface area contributed by atoms with E-state index in [1.54, 1.807) is 0 Å². The molecular weight excluding hydrogens is 382 g/mol. The average Bonchev–Trinajstić information content (AvgIpc) is 3.22. The first-order valence-corrected chi connectivity index (χ1v) is 9.44. The third-order valence-electron chi connectivity index (χ3n) is 4.15. The Bertz CT molecular complexity index is 888. The molecule has 1 amide bonds. The van der Waals surface area contributed by atoms with Gasteiger partial charge in [-0.15, -0.1) is 23.7 Å². The molecule has 27 heavy (non-hydrogen) atoms. The van der Waals surface area contributed by atoms with Gasteiger partial charge in [-0.1, -0.05) is 0 Å². The van der Waals surface area contributed by atoms with Crippen LogP contribution in [0.2, 0.25) is 0 Å². The van der Waals surface area contributed by atoms with Crippen molar-refractivity contribution in [3.63, 3.8) is 0 Å². The van der Waals surface area contributed by atoms with Crippen LogP contribution in [0.5, 0.6) is 0 Å². The largest absolute Gasteiger partial charge is 0.326 e. The number of nitrogens with zero attached hydrogens (tertiary/aromatic N) is 2. The van der Waals surface area contributed by atoms with E-state index in [1.165, 1.54) is 15.3 Å². The normalized spacial score (nSPS) is 10.5. The molecule has 0 aliphatic carbocycles. The number of aryl methyl sites for hydroxylation is 3. The van der Waals surface area contributed by atoms with Gasteiger partial charge in [0.25, 0.3) is 0 Å². The van der Waals surface area contributed by atoms with E-state index in [0.717, 1.165) is 24.1 Å². The predicted molar refractivity (Wildman–Crippen MR) is 112 cm³/mol. The fourth-order valence-electron chi connectivity index (χ4n) is 2.81. The Hall–Kier alpha value is -2.22. The minimum Gasteiger partial charge on any atom is -0.326 e. The van der Waals surface area contributed by atoms with Crippen LogP contribution in [0.3, 0.4) is 0 Å². The molecule has 0 radical (unpaired) electrons. The van der Waals surface area contributed by atoms with Crippen LogP contribution in [0.1, 0.15) is 34.0 Å². The fourth-order valence-corrected chi connectivity index (χ4v) is 3.79. The Morgan fingerprint density at radius 1 is 1.26 bits per heavy atom. The molecule has 0 unspecified atom stereocenters. The molecule has 2 aromatic heterocycles. The molecule has 0 aliphatic rings. The minimum atomic E-state index is 0. The molecule has 3 rings (SSSR count). The summed E-state index contributed by atoms with van der Waals surface area (Å²) < 4.78 is 0. The fraction of sp³-hybridized carbons (Fsp3) is 0.316. The van der Waals surface area contributed by atoms with Gasteiger partial charge in [-0.2, -0.15) is 5.10 Å². The Balaban J connectivity index is 0.00000261. The molecule has 1 aromatic carbocycles. The lowest BCUT2D eigenvalue weighted by Crippen LogP contribution is -2.11. The summed E-state index contributed by atoms with van der Waals surface area (Å²) in [6.45, 7) is 4.58. The standard InChI is InChI=1S/C19H23N5OS.ClH/c1-12-10-15(13(2)26-12)4-3-5-18(25)21-16-8-6-14(7-9-16)19-22-17(11-20)23-24-19;/h6-10H,3-5,11,20H2,1-2H3,(H,21,25)(H,22,23,24);1H. The van der Waals surface area contributed by atoms with E-state index in [9.17, 15) is 4.79 Å². The Kier molecular flexibility index (Phi) is 7.53. The minimum absolute atomic E-state index is 0. The van der Waals surface area contributed by atoms with Gasteiger partial charge in [0.2, 0.25) is 5.91 Å². The van der Waals surface area contributed by atoms with Crippen LogP contribution < -0.4 is 11.1 Å². The molecule has 2 heterocycles. The van der Waals surface area contributed by atoms with Crippen molar-refractivity contribution in [3.8, 4) is 11.4 Å². The van der Waals surface area contributed by atoms with Gasteiger partial charge in [0.15, 0.2) is 5.82 Å². The van der Waals surface area contributed by atoms with E-state index in [-0.39, 0.29) is 18.3 Å². The molecule has 0 spiro atoms. The van der Waals surface area contributed by atoms with Gasteiger partial charge in [-0.05, 0) is 62.6 Å². The summed E-state index contributed by atoms with van der Waals surface area (Å²) in [4.78, 5) is 19.1. The number of amides is 1. The topological polar surface area (TPSA) is 96.7 Å². The number of carbonyl (C=O) groups is 1. The number of aromatic amines is 1. The van der Waals surface area contributed by atoms with E-state index in [2.05, 4.69) is 40.4 Å². The van der Waals surface area contributed by atoms with Crippen molar-refractivity contribution in [2.24, 2.45) is 5.73 Å². The highest BCUT2D eigenvalue weighted by Crippen LogP contribution is 2.22. The first kappa shape index (κ1) is 21.1. The van der Waals surface area contributed by atoms with Gasteiger partial charge in [0.1, 0.15) is 5.82 Å². The summed E-state index contributed by atoms with van der Waals surface area (Å²) in [6, 6.07) is 9.71. The van der Waals surface area contributed by atoms with Crippen LogP contribution >= 0.6 is 23.7 Å². The quantitative estimate of drug-likeness (QED) is 0.553. The van der Waals surface area contributed by atoms with Crippen LogP contribution in [-0.4, -0.2) is 21.1 Å². The number of nitrogens with one attached hydrogen (secondary N) is 2. The monoisotopic (exact) mass is 405 g/mol. The van der Waals surface area contributed by atoms with Gasteiger partial charge in [0.05, 0.1) is 6.54 Å². The molecule has 144 valence electrons. The first-order chi connectivity index (χ1) is 12.5. The number of hydrogen-bond acceptors (Lipinski definition) is 5. The van der Waals surface area contributed by atoms with E-state index >= 15 is 0 Å². The molecule has 0 bridgehead atoms. The second-order valence-electron chi connectivity index (χ2n) is 6.23. The molecular formula is C19H24ClN5OS. The summed E-state index contributed by atoms with van der Waals surface area (Å²) in [6.07, 6.45) is 2.30. The Labute approximate surface area is 169 Å². The number of nitrogens with two attached hydrogens (primary N) is 1. The van der Waals surface area contributed by atoms with Crippen molar-refractivity contribution >= 4 is 35.3 Å². The maximum Gasteiger partial charge on any atom is 0.224 e. The summed E-state index contributed by atoms with van der Waals surface area (Å²) >= 11 is 1.81. The lowest BCUT2D eigenvalue weighted by Gasteiger charge is -2.06. The maximum absolute atomic E-state index is 12.1. The number of anilines is 1. The van der Waals surface area contributed by atoms with Crippen molar-refractivity contribution in [3.05, 3.63) is 51.5 Å². The molecule has 8 heteroatoms. The van der Waals surface area contributed by atoms with Crippen molar-refractivity contribution in [2.75, 3.05) is 5.32 Å². The Morgan fingerprint density at radius 2 is 2.00 bits per heavy atom. The van der Waals surface area contributed by atoms with Crippen LogP contribution in [0.4, 0.5) is 5.69 Å². The number of thiophene rings is 1. The average molecular weight is 406 g/mol. The van der Waals surface area contributed by atoms with Crippen LogP contribution in [0.15, 0.2) is 30.3 Å². The second-order valence-corrected chi connectivity index (χ2v) is 7.69. The maximum atomic E-state index is 12.1. The number of hydrogen-bond donors (Lipinski definition) is 3. The van der Waals surface area contributed by atoms with Gasteiger partial charge in [0, 0.05) is 27.4 Å². The number of carbonyl (C=O) groups excluding carboxylic acids is 1. The molecule has 4 N–H and O–H groups in total. The number of benzene rings is 1. The smallest absolute Gasteiger partial charge is 0.224 e. The van der Waals surface area contributed by atoms with Gasteiger partial charge in [-0.25, -0.2) is 4.98 Å². The third kappa shape index (κ3) is 5.63. The Morgan fingerprint density at radius 3 is 2.59 bits per heavy atom. The zero-order valence-corrected chi connectivity index (χ0v) is 17.0. The number of aromatic nitrogens is 3. The summed E-state index contributed by atoms with van der Waals surface area (Å²) in [5.74, 6) is 1.28. The molecule has 0 saturated heterocycles. The highest BCUT2D eigenvalue weighted by atomic mass is 35.5. The van der Waals surface area contributed by atoms with E-state index < -0.39 is 0 Å². The zero-order chi connectivity index (χ0) is 18.5. The highest BCUT2D eigenvalue weighted by Gasteiger charge is 2.08. The summed E-state index contributed by atoms with van der Waals surface area (Å²) in [5, 5.41) is 9.85. The third-order valence-corrected chi connectivity index (χ3v) is 5.15. The highest BCUT2D eigenvalue weighted by molar-refractivity contribution is 7.12. The molecule has 0 fully saturated rings. The zero-order valence-electron chi connectivity index (χ0n) is 15.4. The number of rotatable bonds is 7. The van der Waals surface area contributed by atoms with Gasteiger partial charge in [-0.3, -0.25) is 9.89 Å². The second kappa shape index (κ2) is 9.64. The van der Waals surface area contributed by atoms with Crippen LogP contribution in [0.25, 0.3) is 11.4 Å². The van der Waals surface area contributed by atoms with Crippen molar-refractivity contribution in [2.45, 2.75) is 39.7 Å². The van der Waals surface area contributed by atoms with Crippen molar-refractivity contribution in [1.82, 2.24) is 15.2 Å². The van der Waals surface area contributed by atoms with E-state index in [0.29, 0.717) is 24.6 Å². The molecule has 0 aliphatic heterocycles. The molecule has 0 atom stereocenters. The number of H-pyrrole nitrogens is 1. The predicted octanol–water partition coefficient (Wildman–Crippen LogP) is 3.99. The summed E-state index contributed by atoms with van der Waals surface area (Å²) in [7, 11) is 0. The lowest BCUT2D eigenvalue weighted by atomic mass is 10.1. The van der Waals surface area contributed by atoms with Crippen molar-refractivity contribution in [1.29, 1.82) is 0 Å². The van der Waals surface area contributed by atoms with Crippen LogP contribution in [-0.2, 0) is 17.8 Å². The molecule has 3 aromatic rings. The molecule has 6 nitrogen and oxygen atoms in total. The lowest BCUT2D eigenvalue weighted by molar-refractivity contribution is -0.116. The number of halogens is 1. The molecule has 0 saturated carbocycles. The van der Waals surface area contributed by atoms with E-state index in [4.69, 9.17) is 5.73 Å². The first-order valence-electron chi connectivity index (χ1n) is 8.62. The SMILES string of the molecule is Cc1cc(CCCC(=O)Nc2ccc(-c3n[nH]c(CN)n3)cc2)c(C)s1.Cl. The van der Waals surface area contributed by atoms with Gasteiger partial charge < -0.3 is 11.1 Å². The summed E-state index contributed by atoms with van der Waals surface area (Å²) in [5.41, 5.74) is 8.53. The van der Waals surface area contributed by atoms with Crippen LogP contribution in [0, 0.1) is 13.8 Å².